The lowest BCUT2D eigenvalue weighted by molar-refractivity contribution is -0.137. The van der Waals surface area contributed by atoms with Gasteiger partial charge in [-0.25, -0.2) is 0 Å². The third kappa shape index (κ3) is 5.40. The number of hydrogen-bond donors (Lipinski definition) is 2. The largest absolute Gasteiger partial charge is 0.416 e. The topological polar surface area (TPSA) is 32.3 Å². The average molecular weight is 261 g/mol. The van der Waals surface area contributed by atoms with Gasteiger partial charge in [0, 0.05) is 18.8 Å². The molecule has 0 saturated heterocycles. The molecule has 1 aromatic rings. The third-order valence-corrected chi connectivity index (χ3v) is 2.60. The molecule has 102 valence electrons. The number of alkyl halides is 3. The zero-order chi connectivity index (χ0) is 13.4. The minimum atomic E-state index is -4.29. The average Bonchev–Trinajstić information content (AvgIpc) is 2.33. The van der Waals surface area contributed by atoms with Gasteiger partial charge in [-0.1, -0.05) is 18.9 Å². The van der Waals surface area contributed by atoms with Gasteiger partial charge in [-0.2, -0.15) is 13.2 Å². The highest BCUT2D eigenvalue weighted by atomic mass is 19.4. The first kappa shape index (κ1) is 14.8. The van der Waals surface area contributed by atoms with Crippen LogP contribution in [0.25, 0.3) is 0 Å². The Labute approximate surface area is 105 Å². The molecule has 0 amide bonds. The van der Waals surface area contributed by atoms with Gasteiger partial charge in [0.05, 0.1) is 5.56 Å². The zero-order valence-electron chi connectivity index (χ0n) is 10.1. The molecule has 2 N–H and O–H groups in total. The van der Waals surface area contributed by atoms with Gasteiger partial charge in [-0.15, -0.1) is 0 Å². The van der Waals surface area contributed by atoms with Gasteiger partial charge in [0.15, 0.2) is 0 Å². The van der Waals surface area contributed by atoms with Crippen LogP contribution in [0.5, 0.6) is 0 Å². The molecule has 0 atom stereocenters. The summed E-state index contributed by atoms with van der Waals surface area (Å²) in [6.45, 7) is 0.841. The molecular weight excluding hydrogens is 243 g/mol. The summed E-state index contributed by atoms with van der Waals surface area (Å²) < 4.78 is 37.3. The maximum Gasteiger partial charge on any atom is 0.416 e. The van der Waals surface area contributed by atoms with Crippen molar-refractivity contribution in [1.29, 1.82) is 0 Å². The first-order valence-corrected chi connectivity index (χ1v) is 6.06. The van der Waals surface area contributed by atoms with Gasteiger partial charge in [0.25, 0.3) is 0 Å². The van der Waals surface area contributed by atoms with Crippen LogP contribution < -0.4 is 5.32 Å². The van der Waals surface area contributed by atoms with Crippen LogP contribution in [0.4, 0.5) is 18.9 Å². The molecule has 0 spiro atoms. The minimum absolute atomic E-state index is 0.195. The van der Waals surface area contributed by atoms with Crippen molar-refractivity contribution in [2.45, 2.75) is 31.9 Å². The molecule has 0 bridgehead atoms. The highest BCUT2D eigenvalue weighted by molar-refractivity contribution is 5.46. The summed E-state index contributed by atoms with van der Waals surface area (Å²) in [4.78, 5) is 0. The molecule has 0 heterocycles. The van der Waals surface area contributed by atoms with Crippen LogP contribution in [0, 0.1) is 0 Å². The second-order valence-corrected chi connectivity index (χ2v) is 4.14. The normalized spacial score (nSPS) is 11.6. The highest BCUT2D eigenvalue weighted by Crippen LogP contribution is 2.30. The van der Waals surface area contributed by atoms with Crippen molar-refractivity contribution in [1.82, 2.24) is 0 Å². The first-order chi connectivity index (χ1) is 8.54. The molecule has 0 aliphatic rings. The molecule has 18 heavy (non-hydrogen) atoms. The maximum atomic E-state index is 12.4. The molecule has 0 unspecified atom stereocenters. The summed E-state index contributed by atoms with van der Waals surface area (Å²) >= 11 is 0. The van der Waals surface area contributed by atoms with E-state index in [0.29, 0.717) is 12.2 Å². The van der Waals surface area contributed by atoms with Crippen LogP contribution in [0.15, 0.2) is 24.3 Å². The number of hydrogen-bond acceptors (Lipinski definition) is 2. The molecule has 0 radical (unpaired) electrons. The van der Waals surface area contributed by atoms with Gasteiger partial charge in [0.2, 0.25) is 0 Å². The summed E-state index contributed by atoms with van der Waals surface area (Å²) in [5.41, 5.74) is -0.139. The number of benzene rings is 1. The highest BCUT2D eigenvalue weighted by Gasteiger charge is 2.30. The number of rotatable bonds is 7. The lowest BCUT2D eigenvalue weighted by Gasteiger charge is -2.10. The van der Waals surface area contributed by atoms with Crippen molar-refractivity contribution in [3.05, 3.63) is 29.8 Å². The lowest BCUT2D eigenvalue weighted by atomic mass is 10.1. The Hall–Kier alpha value is -1.23. The van der Waals surface area contributed by atoms with Gasteiger partial charge in [-0.05, 0) is 31.0 Å². The molecular formula is C13H18F3NO. The Balaban J connectivity index is 2.34. The van der Waals surface area contributed by atoms with E-state index in [4.69, 9.17) is 5.11 Å². The van der Waals surface area contributed by atoms with Crippen molar-refractivity contribution in [2.75, 3.05) is 18.5 Å². The standard InChI is InChI=1S/C13H18F3NO/c14-13(15,16)11-6-5-7-12(10-11)17-8-3-1-2-4-9-18/h5-7,10,17-18H,1-4,8-9H2. The number of nitrogens with one attached hydrogen (secondary N) is 1. The fraction of sp³-hybridized carbons (Fsp3) is 0.538. The van der Waals surface area contributed by atoms with Gasteiger partial charge >= 0.3 is 6.18 Å². The number of unbranched alkanes of at least 4 members (excludes halogenated alkanes) is 3. The van der Waals surface area contributed by atoms with Crippen LogP contribution >= 0.6 is 0 Å². The van der Waals surface area contributed by atoms with Crippen molar-refractivity contribution >= 4 is 5.69 Å². The van der Waals surface area contributed by atoms with Crippen molar-refractivity contribution in [2.24, 2.45) is 0 Å². The van der Waals surface area contributed by atoms with Gasteiger partial charge in [-0.3, -0.25) is 0 Å². The third-order valence-electron chi connectivity index (χ3n) is 2.60. The predicted octanol–water partition coefficient (Wildman–Crippen LogP) is 3.67. The van der Waals surface area contributed by atoms with Crippen LogP contribution in [0.2, 0.25) is 0 Å². The molecule has 0 fully saturated rings. The predicted molar refractivity (Wildman–Crippen MR) is 65.5 cm³/mol. The summed E-state index contributed by atoms with van der Waals surface area (Å²) in [7, 11) is 0. The number of anilines is 1. The van der Waals surface area contributed by atoms with E-state index in [-0.39, 0.29) is 6.61 Å². The molecule has 2 nitrogen and oxygen atoms in total. The van der Waals surface area contributed by atoms with Crippen LogP contribution in [0.1, 0.15) is 31.2 Å². The fourth-order valence-corrected chi connectivity index (χ4v) is 1.63. The Morgan fingerprint density at radius 3 is 2.44 bits per heavy atom. The lowest BCUT2D eigenvalue weighted by Crippen LogP contribution is -2.07. The van der Waals surface area contributed by atoms with Crippen molar-refractivity contribution in [3.63, 3.8) is 0 Å². The first-order valence-electron chi connectivity index (χ1n) is 6.06. The SMILES string of the molecule is OCCCCCCNc1cccc(C(F)(F)F)c1. The molecule has 0 aliphatic heterocycles. The van der Waals surface area contributed by atoms with Crippen molar-refractivity contribution < 1.29 is 18.3 Å². The monoisotopic (exact) mass is 261 g/mol. The van der Waals surface area contributed by atoms with E-state index in [1.807, 2.05) is 0 Å². The minimum Gasteiger partial charge on any atom is -0.396 e. The van der Waals surface area contributed by atoms with E-state index >= 15 is 0 Å². The van der Waals surface area contributed by atoms with E-state index in [1.54, 1.807) is 6.07 Å². The van der Waals surface area contributed by atoms with E-state index in [0.717, 1.165) is 37.8 Å². The number of aliphatic hydroxyl groups is 1. The maximum absolute atomic E-state index is 12.4. The summed E-state index contributed by atoms with van der Waals surface area (Å²) in [5.74, 6) is 0. The quantitative estimate of drug-likeness (QED) is 0.734. The van der Waals surface area contributed by atoms with Crippen LogP contribution in [-0.2, 0) is 6.18 Å². The second kappa shape index (κ2) is 7.26. The zero-order valence-corrected chi connectivity index (χ0v) is 10.1. The second-order valence-electron chi connectivity index (χ2n) is 4.14. The molecule has 0 saturated carbocycles. The Morgan fingerprint density at radius 1 is 1.06 bits per heavy atom. The fourth-order valence-electron chi connectivity index (χ4n) is 1.63. The van der Waals surface area contributed by atoms with Gasteiger partial charge in [0.1, 0.15) is 0 Å². The number of halogens is 3. The molecule has 0 aliphatic carbocycles. The van der Waals surface area contributed by atoms with E-state index in [1.165, 1.54) is 6.07 Å². The van der Waals surface area contributed by atoms with E-state index < -0.39 is 11.7 Å². The van der Waals surface area contributed by atoms with Gasteiger partial charge < -0.3 is 10.4 Å². The molecule has 1 aromatic carbocycles. The summed E-state index contributed by atoms with van der Waals surface area (Å²) in [5, 5.41) is 11.6. The Kier molecular flexibility index (Phi) is 5.98. The smallest absolute Gasteiger partial charge is 0.396 e. The van der Waals surface area contributed by atoms with E-state index in [2.05, 4.69) is 5.32 Å². The number of aliphatic hydroxyl groups excluding tert-OH is 1. The summed E-state index contributed by atoms with van der Waals surface area (Å²) in [6, 6.07) is 5.21. The molecule has 0 aromatic heterocycles. The summed E-state index contributed by atoms with van der Waals surface area (Å²) in [6.07, 6.45) is -0.716. The van der Waals surface area contributed by atoms with Crippen molar-refractivity contribution in [3.8, 4) is 0 Å². The van der Waals surface area contributed by atoms with Crippen LogP contribution in [0.3, 0.4) is 0 Å². The molecule has 5 heteroatoms. The Morgan fingerprint density at radius 2 is 1.78 bits per heavy atom. The molecule has 1 rings (SSSR count). The van der Waals surface area contributed by atoms with Crippen LogP contribution in [-0.4, -0.2) is 18.3 Å². The van der Waals surface area contributed by atoms with E-state index in [9.17, 15) is 13.2 Å². The Bertz CT molecular complexity index is 352.